The lowest BCUT2D eigenvalue weighted by atomic mass is 10.2. The Kier molecular flexibility index (Phi) is 9.08. The molecule has 0 aliphatic carbocycles. The maximum Gasteiger partial charge on any atom is 0.343 e. The van der Waals surface area contributed by atoms with Gasteiger partial charge in [0.25, 0.3) is 5.91 Å². The van der Waals surface area contributed by atoms with Crippen LogP contribution in [0.1, 0.15) is 15.9 Å². The number of benzene rings is 3. The molecule has 0 aliphatic heterocycles. The fourth-order valence-corrected chi connectivity index (χ4v) is 3.14. The maximum atomic E-state index is 12.6. The van der Waals surface area contributed by atoms with Crippen LogP contribution >= 0.6 is 15.9 Å². The van der Waals surface area contributed by atoms with Crippen molar-refractivity contribution < 1.29 is 33.3 Å². The quantitative estimate of drug-likeness (QED) is 0.177. The van der Waals surface area contributed by atoms with Gasteiger partial charge in [-0.1, -0.05) is 15.9 Å². The number of hydrogen-bond acceptors (Lipinski definition) is 8. The second-order valence-corrected chi connectivity index (χ2v) is 7.82. The summed E-state index contributed by atoms with van der Waals surface area (Å²) in [6.45, 7) is -0.172. The third kappa shape index (κ3) is 7.21. The molecule has 0 saturated heterocycles. The molecule has 10 heteroatoms. The molecule has 1 amide bonds. The molecule has 0 bridgehead atoms. The number of nitrogens with one attached hydrogen (secondary N) is 1. The third-order valence-electron chi connectivity index (χ3n) is 4.58. The lowest BCUT2D eigenvalue weighted by Crippen LogP contribution is -2.24. The van der Waals surface area contributed by atoms with Crippen molar-refractivity contribution in [1.82, 2.24) is 5.43 Å². The zero-order valence-electron chi connectivity index (χ0n) is 19.2. The minimum Gasteiger partial charge on any atom is -0.493 e. The van der Waals surface area contributed by atoms with Gasteiger partial charge in [0.05, 0.1) is 33.1 Å². The molecule has 0 aliphatic rings. The van der Waals surface area contributed by atoms with E-state index in [1.165, 1.54) is 39.7 Å². The average Bonchev–Trinajstić information content (AvgIpc) is 2.88. The van der Waals surface area contributed by atoms with Crippen LogP contribution in [0.4, 0.5) is 0 Å². The Labute approximate surface area is 210 Å². The van der Waals surface area contributed by atoms with Crippen LogP contribution in [0.3, 0.4) is 0 Å². The molecule has 0 fully saturated rings. The first-order valence-electron chi connectivity index (χ1n) is 10.3. The van der Waals surface area contributed by atoms with Gasteiger partial charge >= 0.3 is 5.97 Å². The molecule has 3 rings (SSSR count). The van der Waals surface area contributed by atoms with Crippen molar-refractivity contribution in [2.45, 2.75) is 0 Å². The van der Waals surface area contributed by atoms with Gasteiger partial charge in [-0.25, -0.2) is 10.2 Å². The molecule has 0 radical (unpaired) electrons. The van der Waals surface area contributed by atoms with Crippen molar-refractivity contribution in [2.75, 3.05) is 27.9 Å². The number of carbonyl (C=O) groups is 2. The van der Waals surface area contributed by atoms with Crippen LogP contribution in [0.25, 0.3) is 0 Å². The standard InChI is InChI=1S/C25H23BrN2O7/c1-31-21-12-17(13-22(32-2)24(21)33-3)25(30)35-20-8-4-16(5-9-20)14-27-28-23(29)15-34-19-10-6-18(26)7-11-19/h4-14H,15H2,1-3H3,(H,28,29)/b27-14+. The highest BCUT2D eigenvalue weighted by atomic mass is 79.9. The van der Waals surface area contributed by atoms with Crippen LogP contribution in [0.2, 0.25) is 0 Å². The first-order chi connectivity index (χ1) is 16.9. The van der Waals surface area contributed by atoms with Crippen molar-refractivity contribution in [1.29, 1.82) is 0 Å². The lowest BCUT2D eigenvalue weighted by Gasteiger charge is -2.13. The van der Waals surface area contributed by atoms with Gasteiger partial charge in [0, 0.05) is 4.47 Å². The van der Waals surface area contributed by atoms with E-state index in [0.717, 1.165) is 4.47 Å². The number of carbonyl (C=O) groups excluding carboxylic acids is 2. The number of nitrogens with zero attached hydrogens (tertiary/aromatic N) is 1. The molecule has 0 heterocycles. The Hall–Kier alpha value is -4.05. The number of esters is 1. The Balaban J connectivity index is 1.54. The highest BCUT2D eigenvalue weighted by Gasteiger charge is 2.18. The fraction of sp³-hybridized carbons (Fsp3) is 0.160. The van der Waals surface area contributed by atoms with Crippen molar-refractivity contribution in [3.05, 3.63) is 76.3 Å². The predicted molar refractivity (Wildman–Crippen MR) is 133 cm³/mol. The summed E-state index contributed by atoms with van der Waals surface area (Å²) < 4.78 is 27.5. The van der Waals surface area contributed by atoms with E-state index in [1.807, 2.05) is 12.1 Å². The number of hydrazone groups is 1. The molecule has 3 aromatic rings. The van der Waals surface area contributed by atoms with Crippen LogP contribution in [0.15, 0.2) is 70.2 Å². The summed E-state index contributed by atoms with van der Waals surface area (Å²) in [6, 6.07) is 16.7. The minimum absolute atomic E-state index is 0.172. The molecule has 35 heavy (non-hydrogen) atoms. The van der Waals surface area contributed by atoms with E-state index in [2.05, 4.69) is 26.5 Å². The van der Waals surface area contributed by atoms with E-state index < -0.39 is 11.9 Å². The molecule has 0 aromatic heterocycles. The molecule has 1 N–H and O–H groups in total. The van der Waals surface area contributed by atoms with Crippen molar-refractivity contribution in [2.24, 2.45) is 5.10 Å². The molecule has 9 nitrogen and oxygen atoms in total. The molecule has 0 saturated carbocycles. The van der Waals surface area contributed by atoms with Crippen molar-refractivity contribution in [3.8, 4) is 28.7 Å². The molecule has 0 spiro atoms. The second-order valence-electron chi connectivity index (χ2n) is 6.91. The fourth-order valence-electron chi connectivity index (χ4n) is 2.88. The van der Waals surface area contributed by atoms with Crippen LogP contribution in [-0.2, 0) is 4.79 Å². The van der Waals surface area contributed by atoms with Gasteiger partial charge in [-0.3, -0.25) is 4.79 Å². The van der Waals surface area contributed by atoms with E-state index in [1.54, 1.807) is 36.4 Å². The molecular weight excluding hydrogens is 520 g/mol. The maximum absolute atomic E-state index is 12.6. The minimum atomic E-state index is -0.594. The Morgan fingerprint density at radius 1 is 0.886 bits per heavy atom. The van der Waals surface area contributed by atoms with Gasteiger partial charge in [-0.2, -0.15) is 5.10 Å². The van der Waals surface area contributed by atoms with Crippen LogP contribution in [0.5, 0.6) is 28.7 Å². The van der Waals surface area contributed by atoms with E-state index >= 15 is 0 Å². The van der Waals surface area contributed by atoms with Gasteiger partial charge in [0.15, 0.2) is 18.1 Å². The topological polar surface area (TPSA) is 105 Å². The van der Waals surface area contributed by atoms with Crippen molar-refractivity contribution >= 4 is 34.0 Å². The summed E-state index contributed by atoms with van der Waals surface area (Å²) in [5.41, 5.74) is 3.31. The van der Waals surface area contributed by atoms with Crippen LogP contribution in [-0.4, -0.2) is 46.0 Å². The summed E-state index contributed by atoms with van der Waals surface area (Å²) in [4.78, 5) is 24.5. The summed E-state index contributed by atoms with van der Waals surface area (Å²) in [7, 11) is 4.40. The third-order valence-corrected chi connectivity index (χ3v) is 5.11. The number of ether oxygens (including phenoxy) is 5. The molecular formula is C25H23BrN2O7. The number of methoxy groups -OCH3 is 3. The average molecular weight is 543 g/mol. The Morgan fingerprint density at radius 2 is 1.49 bits per heavy atom. The van der Waals surface area contributed by atoms with Gasteiger partial charge in [0.2, 0.25) is 5.75 Å². The van der Waals surface area contributed by atoms with Gasteiger partial charge < -0.3 is 23.7 Å². The second kappa shape index (κ2) is 12.4. The number of halogens is 1. The van der Waals surface area contributed by atoms with E-state index in [4.69, 9.17) is 23.7 Å². The highest BCUT2D eigenvalue weighted by molar-refractivity contribution is 9.10. The zero-order valence-corrected chi connectivity index (χ0v) is 20.8. The molecule has 0 unspecified atom stereocenters. The van der Waals surface area contributed by atoms with Gasteiger partial charge in [-0.15, -0.1) is 0 Å². The number of rotatable bonds is 10. The van der Waals surface area contributed by atoms with E-state index in [9.17, 15) is 9.59 Å². The summed E-state index contributed by atoms with van der Waals surface area (Å²) in [5.74, 6) is 0.965. The smallest absolute Gasteiger partial charge is 0.343 e. The van der Waals surface area contributed by atoms with Crippen LogP contribution < -0.4 is 29.1 Å². The van der Waals surface area contributed by atoms with Gasteiger partial charge in [-0.05, 0) is 66.2 Å². The zero-order chi connectivity index (χ0) is 25.2. The number of hydrogen-bond donors (Lipinski definition) is 1. The molecule has 182 valence electrons. The lowest BCUT2D eigenvalue weighted by molar-refractivity contribution is -0.123. The Morgan fingerprint density at radius 3 is 2.06 bits per heavy atom. The molecule has 3 aromatic carbocycles. The summed E-state index contributed by atoms with van der Waals surface area (Å²) in [5, 5.41) is 3.90. The monoisotopic (exact) mass is 542 g/mol. The van der Waals surface area contributed by atoms with E-state index in [-0.39, 0.29) is 12.2 Å². The Bertz CT molecular complexity index is 1170. The number of amides is 1. The predicted octanol–water partition coefficient (Wildman–Crippen LogP) is 4.22. The van der Waals surface area contributed by atoms with E-state index in [0.29, 0.717) is 34.3 Å². The first kappa shape index (κ1) is 25.6. The van der Waals surface area contributed by atoms with Crippen LogP contribution in [0, 0.1) is 0 Å². The summed E-state index contributed by atoms with van der Waals surface area (Å²) in [6.07, 6.45) is 1.46. The summed E-state index contributed by atoms with van der Waals surface area (Å²) >= 11 is 3.33. The first-order valence-corrected chi connectivity index (χ1v) is 11.0. The normalized spacial score (nSPS) is 10.5. The highest BCUT2D eigenvalue weighted by Crippen LogP contribution is 2.38. The van der Waals surface area contributed by atoms with Crippen molar-refractivity contribution in [3.63, 3.8) is 0 Å². The molecule has 0 atom stereocenters. The largest absolute Gasteiger partial charge is 0.493 e. The SMILES string of the molecule is COc1cc(C(=O)Oc2ccc(/C=N/NC(=O)COc3ccc(Br)cc3)cc2)cc(OC)c1OC. The van der Waals surface area contributed by atoms with Gasteiger partial charge in [0.1, 0.15) is 11.5 Å².